The second-order valence-corrected chi connectivity index (χ2v) is 7.49. The number of aryl methyl sites for hydroxylation is 3. The maximum Gasteiger partial charge on any atom is 0.279 e. The van der Waals surface area contributed by atoms with Crippen molar-refractivity contribution in [2.24, 2.45) is 12.0 Å². The molecule has 0 bridgehead atoms. The number of hydrogen-bond donors (Lipinski definition) is 0. The molecule has 1 amide bonds. The third-order valence-electron chi connectivity index (χ3n) is 3.90. The summed E-state index contributed by atoms with van der Waals surface area (Å²) in [6, 6.07) is 11.4. The van der Waals surface area contributed by atoms with Crippen molar-refractivity contribution >= 4 is 27.5 Å². The van der Waals surface area contributed by atoms with Crippen molar-refractivity contribution in [3.63, 3.8) is 0 Å². The molecule has 1 heterocycles. The van der Waals surface area contributed by atoms with Crippen LogP contribution in [0.25, 0.3) is 10.2 Å². The summed E-state index contributed by atoms with van der Waals surface area (Å²) in [4.78, 5) is 17.5. The number of rotatable bonds is 3. The molecule has 130 valence electrons. The molecule has 0 fully saturated rings. The van der Waals surface area contributed by atoms with Crippen molar-refractivity contribution in [1.82, 2.24) is 4.57 Å². The van der Waals surface area contributed by atoms with E-state index in [9.17, 15) is 4.79 Å². The summed E-state index contributed by atoms with van der Waals surface area (Å²) in [7, 11) is 1.95. The molecular weight excluding hydrogens is 332 g/mol. The van der Waals surface area contributed by atoms with Crippen LogP contribution in [0.4, 0.5) is 0 Å². The molecule has 0 N–H and O–H groups in total. The van der Waals surface area contributed by atoms with E-state index >= 15 is 0 Å². The largest absolute Gasteiger partial charge is 0.491 e. The van der Waals surface area contributed by atoms with Crippen LogP contribution in [0.3, 0.4) is 0 Å². The van der Waals surface area contributed by atoms with E-state index in [1.807, 2.05) is 25.5 Å². The lowest BCUT2D eigenvalue weighted by Crippen LogP contribution is -2.13. The molecule has 0 aliphatic heterocycles. The number of carbonyl (C=O) groups is 1. The van der Waals surface area contributed by atoms with Gasteiger partial charge >= 0.3 is 0 Å². The summed E-state index contributed by atoms with van der Waals surface area (Å²) in [5.41, 5.74) is 4.09. The maximum atomic E-state index is 12.5. The number of carbonyl (C=O) groups excluding carboxylic acids is 1. The van der Waals surface area contributed by atoms with Crippen LogP contribution < -0.4 is 9.54 Å². The Labute approximate surface area is 151 Å². The van der Waals surface area contributed by atoms with Gasteiger partial charge in [0.15, 0.2) is 4.80 Å². The van der Waals surface area contributed by atoms with Gasteiger partial charge in [0.1, 0.15) is 5.75 Å². The zero-order chi connectivity index (χ0) is 18.1. The van der Waals surface area contributed by atoms with Gasteiger partial charge in [-0.3, -0.25) is 4.79 Å². The third-order valence-corrected chi connectivity index (χ3v) is 4.98. The van der Waals surface area contributed by atoms with Gasteiger partial charge in [0.25, 0.3) is 5.91 Å². The third kappa shape index (κ3) is 3.66. The molecule has 3 aromatic rings. The smallest absolute Gasteiger partial charge is 0.279 e. The molecule has 5 heteroatoms. The standard InChI is InChI=1S/C20H22N2O2S/c1-12(2)24-16-8-6-15(7-9-16)19(23)21-20-22(5)18-14(4)10-13(3)11-17(18)25-20/h6-12H,1-5H3. The van der Waals surface area contributed by atoms with Crippen LogP contribution in [0, 0.1) is 13.8 Å². The van der Waals surface area contributed by atoms with Crippen molar-refractivity contribution in [3.05, 3.63) is 57.9 Å². The quantitative estimate of drug-likeness (QED) is 0.700. The molecule has 0 aliphatic carbocycles. The van der Waals surface area contributed by atoms with Gasteiger partial charge in [-0.2, -0.15) is 4.99 Å². The van der Waals surface area contributed by atoms with Gasteiger partial charge < -0.3 is 9.30 Å². The summed E-state index contributed by atoms with van der Waals surface area (Å²) in [5.74, 6) is 0.512. The average Bonchev–Trinajstić information content (AvgIpc) is 2.83. The van der Waals surface area contributed by atoms with Crippen LogP contribution >= 0.6 is 11.3 Å². The summed E-state index contributed by atoms with van der Waals surface area (Å²) < 4.78 is 8.74. The Morgan fingerprint density at radius 2 is 1.84 bits per heavy atom. The minimum atomic E-state index is -0.243. The summed E-state index contributed by atoms with van der Waals surface area (Å²) in [6.07, 6.45) is 0.107. The van der Waals surface area contributed by atoms with Gasteiger partial charge in [0.05, 0.1) is 16.3 Å². The number of nitrogens with zero attached hydrogens (tertiary/aromatic N) is 2. The fourth-order valence-electron chi connectivity index (χ4n) is 2.89. The fraction of sp³-hybridized carbons (Fsp3) is 0.300. The highest BCUT2D eigenvalue weighted by molar-refractivity contribution is 7.16. The number of benzene rings is 2. The van der Waals surface area contributed by atoms with Crippen molar-refractivity contribution in [3.8, 4) is 5.75 Å². The Morgan fingerprint density at radius 3 is 2.48 bits per heavy atom. The second-order valence-electron chi connectivity index (χ2n) is 6.48. The Hall–Kier alpha value is -2.40. The topological polar surface area (TPSA) is 43.6 Å². The lowest BCUT2D eigenvalue weighted by Gasteiger charge is -2.09. The number of hydrogen-bond acceptors (Lipinski definition) is 3. The van der Waals surface area contributed by atoms with Crippen molar-refractivity contribution in [2.45, 2.75) is 33.8 Å². The SMILES string of the molecule is Cc1cc(C)c2c(c1)sc(=NC(=O)c1ccc(OC(C)C)cc1)n2C. The number of aromatic nitrogens is 1. The first-order valence-corrected chi connectivity index (χ1v) is 9.09. The second kappa shape index (κ2) is 6.84. The lowest BCUT2D eigenvalue weighted by atomic mass is 10.1. The van der Waals surface area contributed by atoms with Gasteiger partial charge in [0, 0.05) is 12.6 Å². The monoisotopic (exact) mass is 354 g/mol. The number of fused-ring (bicyclic) bond motifs is 1. The van der Waals surface area contributed by atoms with E-state index in [2.05, 4.69) is 31.0 Å². The van der Waals surface area contributed by atoms with Crippen LogP contribution in [0.1, 0.15) is 35.3 Å². The minimum Gasteiger partial charge on any atom is -0.491 e. The van der Waals surface area contributed by atoms with E-state index < -0.39 is 0 Å². The van der Waals surface area contributed by atoms with Crippen molar-refractivity contribution in [2.75, 3.05) is 0 Å². The highest BCUT2D eigenvalue weighted by Gasteiger charge is 2.10. The minimum absolute atomic E-state index is 0.107. The van der Waals surface area contributed by atoms with E-state index in [-0.39, 0.29) is 12.0 Å². The Balaban J connectivity index is 1.97. The number of thiazole rings is 1. The molecule has 25 heavy (non-hydrogen) atoms. The zero-order valence-corrected chi connectivity index (χ0v) is 16.0. The van der Waals surface area contributed by atoms with E-state index in [0.29, 0.717) is 10.4 Å². The Bertz CT molecular complexity index is 995. The van der Waals surface area contributed by atoms with Gasteiger partial charge in [0.2, 0.25) is 0 Å². The molecule has 0 saturated heterocycles. The van der Waals surface area contributed by atoms with E-state index in [0.717, 1.165) is 16.0 Å². The van der Waals surface area contributed by atoms with E-state index in [1.54, 1.807) is 24.3 Å². The summed E-state index contributed by atoms with van der Waals surface area (Å²) in [6.45, 7) is 8.11. The Morgan fingerprint density at radius 1 is 1.16 bits per heavy atom. The Kier molecular flexibility index (Phi) is 4.77. The van der Waals surface area contributed by atoms with Gasteiger partial charge in [-0.1, -0.05) is 17.4 Å². The molecule has 0 atom stereocenters. The molecule has 1 aromatic heterocycles. The van der Waals surface area contributed by atoms with E-state index in [4.69, 9.17) is 4.74 Å². The molecular formula is C20H22N2O2S. The molecule has 0 aliphatic rings. The van der Waals surface area contributed by atoms with Crippen LogP contribution in [0.15, 0.2) is 41.4 Å². The molecule has 0 saturated carbocycles. The van der Waals surface area contributed by atoms with Gasteiger partial charge in [-0.25, -0.2) is 0 Å². The zero-order valence-electron chi connectivity index (χ0n) is 15.2. The van der Waals surface area contributed by atoms with Crippen molar-refractivity contribution in [1.29, 1.82) is 0 Å². The molecule has 0 spiro atoms. The van der Waals surface area contributed by atoms with Crippen LogP contribution in [-0.4, -0.2) is 16.6 Å². The predicted molar refractivity (Wildman–Crippen MR) is 102 cm³/mol. The molecule has 2 aromatic carbocycles. The lowest BCUT2D eigenvalue weighted by molar-refractivity contribution is 0.0998. The van der Waals surface area contributed by atoms with Gasteiger partial charge in [-0.05, 0) is 69.2 Å². The molecule has 0 radical (unpaired) electrons. The maximum absolute atomic E-state index is 12.5. The van der Waals surface area contributed by atoms with Crippen LogP contribution in [-0.2, 0) is 7.05 Å². The highest BCUT2D eigenvalue weighted by Crippen LogP contribution is 2.22. The normalized spacial score (nSPS) is 12.2. The average molecular weight is 354 g/mol. The number of amides is 1. The molecule has 4 nitrogen and oxygen atoms in total. The molecule has 3 rings (SSSR count). The predicted octanol–water partition coefficient (Wildman–Crippen LogP) is 4.38. The fourth-order valence-corrected chi connectivity index (χ4v) is 4.08. The molecule has 0 unspecified atom stereocenters. The van der Waals surface area contributed by atoms with Gasteiger partial charge in [-0.15, -0.1) is 0 Å². The first-order valence-electron chi connectivity index (χ1n) is 8.27. The first-order chi connectivity index (χ1) is 11.8. The van der Waals surface area contributed by atoms with Crippen LogP contribution in [0.5, 0.6) is 5.75 Å². The highest BCUT2D eigenvalue weighted by atomic mass is 32.1. The summed E-state index contributed by atoms with van der Waals surface area (Å²) >= 11 is 1.54. The van der Waals surface area contributed by atoms with Crippen molar-refractivity contribution < 1.29 is 9.53 Å². The van der Waals surface area contributed by atoms with E-state index in [1.165, 1.54) is 22.5 Å². The van der Waals surface area contributed by atoms with Crippen LogP contribution in [0.2, 0.25) is 0 Å². The number of ether oxygens (including phenoxy) is 1. The summed E-state index contributed by atoms with van der Waals surface area (Å²) in [5, 5.41) is 0. The first kappa shape index (κ1) is 17.4.